The van der Waals surface area contributed by atoms with Crippen molar-refractivity contribution in [2.75, 3.05) is 18.0 Å². The van der Waals surface area contributed by atoms with Gasteiger partial charge in [-0.15, -0.1) is 0 Å². The normalized spacial score (nSPS) is 16.6. The van der Waals surface area contributed by atoms with Crippen LogP contribution < -0.4 is 4.90 Å². The molecule has 154 valence electrons. The second kappa shape index (κ2) is 8.11. The first kappa shape index (κ1) is 19.1. The number of hydrogen-bond acceptors (Lipinski definition) is 2. The standard InChI is InChI=1S/C26H23N3O2/c30-25(23-18-20-11-7-8-14-22(20)27-23)29-16-15-28(21-12-5-2-6-13-21)26(31)24(29)17-19-9-3-1-4-10-19/h1-14,18,24,27H,15-17H2/t24-/m0/s1. The van der Waals surface area contributed by atoms with Crippen molar-refractivity contribution in [3.05, 3.63) is 102 Å². The topological polar surface area (TPSA) is 56.4 Å². The largest absolute Gasteiger partial charge is 0.351 e. The van der Waals surface area contributed by atoms with Gasteiger partial charge in [-0.25, -0.2) is 0 Å². The highest BCUT2D eigenvalue weighted by Gasteiger charge is 2.38. The summed E-state index contributed by atoms with van der Waals surface area (Å²) in [7, 11) is 0. The Morgan fingerprint density at radius 1 is 0.871 bits per heavy atom. The second-order valence-electron chi connectivity index (χ2n) is 7.80. The molecule has 1 fully saturated rings. The fraction of sp³-hybridized carbons (Fsp3) is 0.154. The molecule has 31 heavy (non-hydrogen) atoms. The van der Waals surface area contributed by atoms with E-state index in [1.807, 2.05) is 91.0 Å². The lowest BCUT2D eigenvalue weighted by atomic mass is 10.00. The van der Waals surface area contributed by atoms with Crippen molar-refractivity contribution in [3.8, 4) is 0 Å². The van der Waals surface area contributed by atoms with Gasteiger partial charge in [-0.3, -0.25) is 9.59 Å². The maximum Gasteiger partial charge on any atom is 0.271 e. The van der Waals surface area contributed by atoms with Crippen LogP contribution in [0.25, 0.3) is 10.9 Å². The zero-order chi connectivity index (χ0) is 21.2. The van der Waals surface area contributed by atoms with Gasteiger partial charge in [0.15, 0.2) is 0 Å². The number of nitrogens with zero attached hydrogens (tertiary/aromatic N) is 2. The van der Waals surface area contributed by atoms with Crippen molar-refractivity contribution in [1.29, 1.82) is 0 Å². The third-order valence-corrected chi connectivity index (χ3v) is 5.85. The van der Waals surface area contributed by atoms with Crippen LogP contribution in [0.15, 0.2) is 91.0 Å². The van der Waals surface area contributed by atoms with Gasteiger partial charge in [0.1, 0.15) is 11.7 Å². The number of amides is 2. The third kappa shape index (κ3) is 3.70. The highest BCUT2D eigenvalue weighted by atomic mass is 16.2. The highest BCUT2D eigenvalue weighted by molar-refractivity contribution is 6.04. The Kier molecular flexibility index (Phi) is 5.00. The minimum Gasteiger partial charge on any atom is -0.351 e. The quantitative estimate of drug-likeness (QED) is 0.547. The Morgan fingerprint density at radius 3 is 2.29 bits per heavy atom. The van der Waals surface area contributed by atoms with Gasteiger partial charge in [0.2, 0.25) is 5.91 Å². The molecular formula is C26H23N3O2. The zero-order valence-corrected chi connectivity index (χ0v) is 17.1. The summed E-state index contributed by atoms with van der Waals surface area (Å²) in [5.74, 6) is -0.191. The fourth-order valence-corrected chi connectivity index (χ4v) is 4.27. The first-order valence-corrected chi connectivity index (χ1v) is 10.5. The molecule has 0 bridgehead atoms. The molecule has 1 aromatic heterocycles. The molecule has 2 heterocycles. The summed E-state index contributed by atoms with van der Waals surface area (Å²) in [5, 5.41) is 0.986. The average molecular weight is 409 g/mol. The van der Waals surface area contributed by atoms with Crippen LogP contribution >= 0.6 is 0 Å². The Balaban J connectivity index is 1.48. The molecule has 0 saturated carbocycles. The van der Waals surface area contributed by atoms with E-state index in [1.54, 1.807) is 9.80 Å². The van der Waals surface area contributed by atoms with Crippen LogP contribution in [0.3, 0.4) is 0 Å². The maximum absolute atomic E-state index is 13.6. The van der Waals surface area contributed by atoms with Crippen LogP contribution in [0.1, 0.15) is 16.1 Å². The van der Waals surface area contributed by atoms with E-state index in [2.05, 4.69) is 4.98 Å². The van der Waals surface area contributed by atoms with Gasteiger partial charge in [0.25, 0.3) is 5.91 Å². The van der Waals surface area contributed by atoms with Crippen LogP contribution in [0.4, 0.5) is 5.69 Å². The molecule has 0 aliphatic carbocycles. The van der Waals surface area contributed by atoms with E-state index in [-0.39, 0.29) is 11.8 Å². The molecule has 0 spiro atoms. The van der Waals surface area contributed by atoms with Gasteiger partial charge in [-0.2, -0.15) is 0 Å². The molecule has 1 aliphatic rings. The number of H-pyrrole nitrogens is 1. The van der Waals surface area contributed by atoms with Gasteiger partial charge in [0.05, 0.1) is 0 Å². The minimum atomic E-state index is -0.560. The highest BCUT2D eigenvalue weighted by Crippen LogP contribution is 2.25. The lowest BCUT2D eigenvalue weighted by Crippen LogP contribution is -2.59. The molecule has 1 saturated heterocycles. The van der Waals surface area contributed by atoms with Crippen LogP contribution in [0.2, 0.25) is 0 Å². The molecule has 0 unspecified atom stereocenters. The molecule has 1 aliphatic heterocycles. The first-order chi connectivity index (χ1) is 15.2. The minimum absolute atomic E-state index is 0.0502. The van der Waals surface area contributed by atoms with Crippen molar-refractivity contribution < 1.29 is 9.59 Å². The molecule has 0 radical (unpaired) electrons. The summed E-state index contributed by atoms with van der Waals surface area (Å²) in [4.78, 5) is 33.8. The second-order valence-corrected chi connectivity index (χ2v) is 7.80. The number of rotatable bonds is 4. The van der Waals surface area contributed by atoms with E-state index >= 15 is 0 Å². The molecule has 3 aromatic carbocycles. The third-order valence-electron chi connectivity index (χ3n) is 5.85. The number of carbonyl (C=O) groups excluding carboxylic acids is 2. The van der Waals surface area contributed by atoms with Gasteiger partial charge in [0, 0.05) is 36.1 Å². The summed E-state index contributed by atoms with van der Waals surface area (Å²) in [6, 6.07) is 28.7. The van der Waals surface area contributed by atoms with Crippen molar-refractivity contribution in [2.45, 2.75) is 12.5 Å². The lowest BCUT2D eigenvalue weighted by molar-refractivity contribution is -0.124. The zero-order valence-electron chi connectivity index (χ0n) is 17.1. The number of anilines is 1. The van der Waals surface area contributed by atoms with Gasteiger partial charge in [-0.05, 0) is 29.8 Å². The first-order valence-electron chi connectivity index (χ1n) is 10.5. The lowest BCUT2D eigenvalue weighted by Gasteiger charge is -2.40. The van der Waals surface area contributed by atoms with Gasteiger partial charge < -0.3 is 14.8 Å². The summed E-state index contributed by atoms with van der Waals surface area (Å²) in [6.07, 6.45) is 0.481. The molecule has 1 atom stereocenters. The van der Waals surface area contributed by atoms with E-state index in [1.165, 1.54) is 0 Å². The number of aromatic amines is 1. The molecule has 5 nitrogen and oxygen atoms in total. The van der Waals surface area contributed by atoms with E-state index in [4.69, 9.17) is 0 Å². The number of piperazine rings is 1. The number of nitrogens with one attached hydrogen (secondary N) is 1. The van der Waals surface area contributed by atoms with Gasteiger partial charge >= 0.3 is 0 Å². The Hall–Kier alpha value is -3.86. The van der Waals surface area contributed by atoms with E-state index < -0.39 is 6.04 Å². The predicted octanol–water partition coefficient (Wildman–Crippen LogP) is 4.27. The number of hydrogen-bond donors (Lipinski definition) is 1. The number of aromatic nitrogens is 1. The molecule has 5 rings (SSSR count). The average Bonchev–Trinajstić information content (AvgIpc) is 3.25. The predicted molar refractivity (Wildman–Crippen MR) is 122 cm³/mol. The maximum atomic E-state index is 13.6. The molecular weight excluding hydrogens is 386 g/mol. The van der Waals surface area contributed by atoms with E-state index in [0.717, 1.165) is 22.2 Å². The summed E-state index contributed by atoms with van der Waals surface area (Å²) < 4.78 is 0. The van der Waals surface area contributed by atoms with Crippen LogP contribution in [0.5, 0.6) is 0 Å². The fourth-order valence-electron chi connectivity index (χ4n) is 4.27. The smallest absolute Gasteiger partial charge is 0.271 e. The summed E-state index contributed by atoms with van der Waals surface area (Å²) in [6.45, 7) is 0.951. The van der Waals surface area contributed by atoms with Crippen LogP contribution in [-0.4, -0.2) is 40.8 Å². The van der Waals surface area contributed by atoms with Crippen molar-refractivity contribution in [1.82, 2.24) is 9.88 Å². The van der Waals surface area contributed by atoms with Crippen LogP contribution in [-0.2, 0) is 11.2 Å². The summed E-state index contributed by atoms with van der Waals surface area (Å²) >= 11 is 0. The number of para-hydroxylation sites is 2. The van der Waals surface area contributed by atoms with E-state index in [9.17, 15) is 9.59 Å². The van der Waals surface area contributed by atoms with E-state index in [0.29, 0.717) is 25.2 Å². The van der Waals surface area contributed by atoms with Crippen molar-refractivity contribution in [3.63, 3.8) is 0 Å². The SMILES string of the molecule is O=C1[C@H](Cc2ccccc2)N(C(=O)c2cc3ccccc3[nH]2)CCN1c1ccccc1. The number of carbonyl (C=O) groups is 2. The molecule has 5 heteroatoms. The Labute approximate surface area is 180 Å². The van der Waals surface area contributed by atoms with Crippen molar-refractivity contribution >= 4 is 28.4 Å². The number of fused-ring (bicyclic) bond motifs is 1. The van der Waals surface area contributed by atoms with Crippen molar-refractivity contribution in [2.24, 2.45) is 0 Å². The molecule has 4 aromatic rings. The molecule has 2 amide bonds. The number of benzene rings is 3. The van der Waals surface area contributed by atoms with Crippen LogP contribution in [0, 0.1) is 0 Å². The Morgan fingerprint density at radius 2 is 1.55 bits per heavy atom. The Bertz CT molecular complexity index is 1180. The molecule has 1 N–H and O–H groups in total. The monoisotopic (exact) mass is 409 g/mol. The summed E-state index contributed by atoms with van der Waals surface area (Å²) in [5.41, 5.74) is 3.33. The van der Waals surface area contributed by atoms with Gasteiger partial charge in [-0.1, -0.05) is 66.7 Å².